The molecule has 1 aromatic heterocycles. The molecule has 0 unspecified atom stereocenters. The van der Waals surface area contributed by atoms with Gasteiger partial charge in [0.25, 0.3) is 5.56 Å². The Balaban J connectivity index is 0.000000580. The van der Waals surface area contributed by atoms with Gasteiger partial charge in [0.05, 0.1) is 26.9 Å². The number of H-pyrrole nitrogens is 1. The van der Waals surface area contributed by atoms with E-state index in [1.54, 1.807) is 48.5 Å². The van der Waals surface area contributed by atoms with Crippen LogP contribution in [0.5, 0.6) is 5.88 Å². The molecule has 0 aliphatic rings. The Morgan fingerprint density at radius 3 is 1.86 bits per heavy atom. The maximum absolute atomic E-state index is 11.4. The minimum atomic E-state index is -1.06. The van der Waals surface area contributed by atoms with Crippen molar-refractivity contribution in [3.05, 3.63) is 80.8 Å². The van der Waals surface area contributed by atoms with Gasteiger partial charge in [-0.25, -0.2) is 4.98 Å². The Labute approximate surface area is 216 Å². The Morgan fingerprint density at radius 2 is 1.46 bits per heavy atom. The number of nitrogens with one attached hydrogen (secondary N) is 2. The SMILES string of the molecule is COC(=O)C(C(=O)OC)c1ccc(Cl)cc1.Cl.N=CN.O=c1[nH]cnc(O)c1-c1ccc(Cl)cc1. The van der Waals surface area contributed by atoms with E-state index in [0.29, 0.717) is 21.2 Å². The number of benzene rings is 2. The molecule has 0 bridgehead atoms. The van der Waals surface area contributed by atoms with Crippen LogP contribution < -0.4 is 11.3 Å². The van der Waals surface area contributed by atoms with Crippen molar-refractivity contribution in [1.29, 1.82) is 5.41 Å². The fourth-order valence-corrected chi connectivity index (χ4v) is 2.78. The average Bonchev–Trinajstić information content (AvgIpc) is 2.82. The van der Waals surface area contributed by atoms with Crippen molar-refractivity contribution in [3.63, 3.8) is 0 Å². The number of esters is 2. The molecule has 5 N–H and O–H groups in total. The number of nitrogens with zero attached hydrogens (tertiary/aromatic N) is 1. The average molecular weight is 546 g/mol. The van der Waals surface area contributed by atoms with Crippen molar-refractivity contribution in [2.24, 2.45) is 5.73 Å². The van der Waals surface area contributed by atoms with Crippen LogP contribution in [-0.2, 0) is 19.1 Å². The Morgan fingerprint density at radius 1 is 1.03 bits per heavy atom. The monoisotopic (exact) mass is 544 g/mol. The summed E-state index contributed by atoms with van der Waals surface area (Å²) < 4.78 is 9.09. The molecule has 0 radical (unpaired) electrons. The third-order valence-electron chi connectivity index (χ3n) is 4.04. The summed E-state index contributed by atoms with van der Waals surface area (Å²) in [5, 5.41) is 16.4. The largest absolute Gasteiger partial charge is 0.493 e. The van der Waals surface area contributed by atoms with Crippen LogP contribution in [0.2, 0.25) is 10.0 Å². The minimum Gasteiger partial charge on any atom is -0.493 e. The molecule has 0 fully saturated rings. The molecule has 13 heteroatoms. The van der Waals surface area contributed by atoms with Crippen molar-refractivity contribution >= 4 is 53.9 Å². The molecule has 0 aliphatic carbocycles. The van der Waals surface area contributed by atoms with Gasteiger partial charge in [0.2, 0.25) is 5.88 Å². The van der Waals surface area contributed by atoms with Gasteiger partial charge >= 0.3 is 11.9 Å². The highest BCUT2D eigenvalue weighted by molar-refractivity contribution is 6.30. The highest BCUT2D eigenvalue weighted by Crippen LogP contribution is 2.24. The van der Waals surface area contributed by atoms with E-state index in [-0.39, 0.29) is 29.4 Å². The lowest BCUT2D eigenvalue weighted by atomic mass is 9.99. The second kappa shape index (κ2) is 16.1. The van der Waals surface area contributed by atoms with Crippen molar-refractivity contribution < 1.29 is 24.2 Å². The number of rotatable bonds is 4. The smallest absolute Gasteiger partial charge is 0.324 e. The van der Waals surface area contributed by atoms with Crippen molar-refractivity contribution in [2.45, 2.75) is 5.92 Å². The second-order valence-electron chi connectivity index (χ2n) is 6.13. The highest BCUT2D eigenvalue weighted by Gasteiger charge is 2.30. The first-order valence-electron chi connectivity index (χ1n) is 9.34. The van der Waals surface area contributed by atoms with E-state index in [0.717, 1.165) is 12.7 Å². The van der Waals surface area contributed by atoms with Crippen molar-refractivity contribution in [3.8, 4) is 17.0 Å². The number of carbonyl (C=O) groups is 2. The number of nitrogens with two attached hydrogens (primary N) is 1. The highest BCUT2D eigenvalue weighted by atomic mass is 35.5. The van der Waals surface area contributed by atoms with E-state index < -0.39 is 17.9 Å². The van der Waals surface area contributed by atoms with E-state index in [4.69, 9.17) is 28.6 Å². The van der Waals surface area contributed by atoms with Crippen LogP contribution in [0.15, 0.2) is 59.7 Å². The van der Waals surface area contributed by atoms with Gasteiger partial charge in [-0.2, -0.15) is 0 Å². The number of aromatic hydroxyl groups is 1. The molecule has 35 heavy (non-hydrogen) atoms. The van der Waals surface area contributed by atoms with Crippen LogP contribution in [0.3, 0.4) is 0 Å². The Hall–Kier alpha value is -3.60. The first-order chi connectivity index (χ1) is 16.2. The third kappa shape index (κ3) is 9.65. The van der Waals surface area contributed by atoms with Gasteiger partial charge < -0.3 is 25.3 Å². The summed E-state index contributed by atoms with van der Waals surface area (Å²) in [6.07, 6.45) is 1.90. The normalized spacial score (nSPS) is 9.29. The van der Waals surface area contributed by atoms with Crippen LogP contribution in [0.4, 0.5) is 0 Å². The molecule has 0 spiro atoms. The molecule has 0 saturated heterocycles. The van der Waals surface area contributed by atoms with E-state index in [1.165, 1.54) is 14.2 Å². The quantitative estimate of drug-likeness (QED) is 0.167. The maximum Gasteiger partial charge on any atom is 0.324 e. The second-order valence-corrected chi connectivity index (χ2v) is 7.01. The van der Waals surface area contributed by atoms with E-state index in [9.17, 15) is 19.5 Å². The maximum atomic E-state index is 11.4. The summed E-state index contributed by atoms with van der Waals surface area (Å²) >= 11 is 11.4. The van der Waals surface area contributed by atoms with Crippen LogP contribution in [0.1, 0.15) is 11.5 Å². The van der Waals surface area contributed by atoms with Gasteiger partial charge in [-0.05, 0) is 35.4 Å². The molecule has 0 saturated carbocycles. The van der Waals surface area contributed by atoms with E-state index in [1.807, 2.05) is 0 Å². The number of ether oxygens (including phenoxy) is 2. The molecule has 0 atom stereocenters. The molecule has 188 valence electrons. The number of aromatic nitrogens is 2. The lowest BCUT2D eigenvalue weighted by molar-refractivity contribution is -0.154. The first kappa shape index (κ1) is 31.4. The van der Waals surface area contributed by atoms with E-state index >= 15 is 0 Å². The first-order valence-corrected chi connectivity index (χ1v) is 10.1. The summed E-state index contributed by atoms with van der Waals surface area (Å²) in [5.41, 5.74) is 5.22. The number of hydrogen-bond donors (Lipinski definition) is 4. The predicted octanol–water partition coefficient (Wildman–Crippen LogP) is 3.54. The van der Waals surface area contributed by atoms with Crippen LogP contribution in [-0.4, -0.2) is 47.6 Å². The number of methoxy groups -OCH3 is 2. The van der Waals surface area contributed by atoms with Crippen LogP contribution in [0.25, 0.3) is 11.1 Å². The summed E-state index contributed by atoms with van der Waals surface area (Å²) in [4.78, 5) is 40.3. The summed E-state index contributed by atoms with van der Waals surface area (Å²) in [5.74, 6) is -2.67. The fraction of sp³-hybridized carbons (Fsp3) is 0.136. The van der Waals surface area contributed by atoms with Gasteiger partial charge in [-0.1, -0.05) is 47.5 Å². The number of aromatic amines is 1. The Bertz CT molecular complexity index is 1140. The minimum absolute atomic E-state index is 0. The van der Waals surface area contributed by atoms with Gasteiger partial charge in [0.1, 0.15) is 5.56 Å². The summed E-state index contributed by atoms with van der Waals surface area (Å²) in [7, 11) is 2.43. The molecule has 0 amide bonds. The zero-order valence-corrected chi connectivity index (χ0v) is 20.9. The third-order valence-corrected chi connectivity index (χ3v) is 4.55. The van der Waals surface area contributed by atoms with Crippen LogP contribution in [0, 0.1) is 5.41 Å². The van der Waals surface area contributed by atoms with Crippen molar-refractivity contribution in [1.82, 2.24) is 9.97 Å². The number of carbonyl (C=O) groups excluding carboxylic acids is 2. The molecular weight excluding hydrogens is 523 g/mol. The number of hydrogen-bond acceptors (Lipinski definition) is 8. The van der Waals surface area contributed by atoms with Crippen molar-refractivity contribution in [2.75, 3.05) is 14.2 Å². The topological polar surface area (TPSA) is 168 Å². The van der Waals surface area contributed by atoms with Gasteiger partial charge in [0, 0.05) is 10.0 Å². The Kier molecular flexibility index (Phi) is 14.4. The lowest BCUT2D eigenvalue weighted by Gasteiger charge is -2.12. The van der Waals surface area contributed by atoms with Gasteiger partial charge in [-0.15, -0.1) is 12.4 Å². The van der Waals surface area contributed by atoms with Gasteiger partial charge in [-0.3, -0.25) is 19.8 Å². The molecule has 10 nitrogen and oxygen atoms in total. The number of halogens is 3. The van der Waals surface area contributed by atoms with Gasteiger partial charge in [0.15, 0.2) is 5.92 Å². The standard InChI is InChI=1S/C11H11ClO4.C10H7ClN2O2.CH4N2.ClH/c1-15-10(13)9(11(14)16-2)7-3-5-8(12)6-4-7;11-7-3-1-6(2-4-7)8-9(14)12-5-13-10(8)15;2-1-3;/h3-6,9H,1-2H3;1-5H,(H2,12,13,14,15);1H,(H3,2,3);1H. The summed E-state index contributed by atoms with van der Waals surface area (Å²) in [6.45, 7) is 0. The summed E-state index contributed by atoms with van der Waals surface area (Å²) in [6, 6.07) is 12.9. The van der Waals surface area contributed by atoms with E-state index in [2.05, 4.69) is 25.2 Å². The van der Waals surface area contributed by atoms with Crippen LogP contribution >= 0.6 is 35.6 Å². The molecule has 2 aromatic carbocycles. The zero-order chi connectivity index (χ0) is 25.7. The zero-order valence-electron chi connectivity index (χ0n) is 18.5. The molecular formula is C22H23Cl3N4O6. The molecule has 1 heterocycles. The molecule has 3 aromatic rings. The molecule has 3 rings (SSSR count). The molecule has 0 aliphatic heterocycles. The lowest BCUT2D eigenvalue weighted by Crippen LogP contribution is -2.24. The fourth-order valence-electron chi connectivity index (χ4n) is 2.53. The predicted molar refractivity (Wildman–Crippen MR) is 135 cm³/mol.